The summed E-state index contributed by atoms with van der Waals surface area (Å²) in [5, 5.41) is 24.4. The highest BCUT2D eigenvalue weighted by Crippen LogP contribution is 2.22. The number of aliphatic hydroxyl groups is 1. The van der Waals surface area contributed by atoms with Crippen LogP contribution in [0.3, 0.4) is 0 Å². The molecule has 0 radical (unpaired) electrons. The lowest BCUT2D eigenvalue weighted by molar-refractivity contribution is -0.127. The molecule has 0 saturated heterocycles. The Labute approximate surface area is 189 Å². The summed E-state index contributed by atoms with van der Waals surface area (Å²) >= 11 is 2.14. The Balaban J connectivity index is 3.05. The first-order valence-corrected chi connectivity index (χ1v) is 10.3. The van der Waals surface area contributed by atoms with Crippen molar-refractivity contribution in [2.24, 2.45) is 5.41 Å². The molecule has 0 fully saturated rings. The molecule has 1 rings (SSSR count). The summed E-state index contributed by atoms with van der Waals surface area (Å²) in [4.78, 5) is 35.3. The maximum absolute atomic E-state index is 12.8. The third-order valence-electron chi connectivity index (χ3n) is 4.36. The molecule has 1 aromatic carbocycles. The van der Waals surface area contributed by atoms with Gasteiger partial charge in [0.2, 0.25) is 0 Å². The third kappa shape index (κ3) is 7.95. The molecule has 0 spiro atoms. The molecular weight excluding hydrogens is 507 g/mol. The van der Waals surface area contributed by atoms with E-state index in [1.54, 1.807) is 32.9 Å². The minimum Gasteiger partial charge on any atom is -0.465 e. The van der Waals surface area contributed by atoms with Crippen LogP contribution in [-0.4, -0.2) is 53.6 Å². The fourth-order valence-corrected chi connectivity index (χ4v) is 3.04. The maximum Gasteiger partial charge on any atom is 0.407 e. The number of aliphatic hydroxyl groups excluding tert-OH is 1. The van der Waals surface area contributed by atoms with Gasteiger partial charge in [-0.1, -0.05) is 32.9 Å². The van der Waals surface area contributed by atoms with Crippen molar-refractivity contribution in [1.29, 1.82) is 0 Å². The number of carbonyl (C=O) groups excluding carboxylic acids is 2. The number of carbonyl (C=O) groups is 3. The fraction of sp³-hybridized carbons (Fsp3) is 0.526. The molecule has 10 nitrogen and oxygen atoms in total. The molecule has 6 N–H and O–H groups in total. The monoisotopic (exact) mass is 536 g/mol. The second-order valence-electron chi connectivity index (χ2n) is 7.83. The number of halogens is 1. The molecular formula is C19H29IN4O6. The molecule has 0 aliphatic rings. The number of nitrogens with one attached hydrogen (secondary N) is 4. The Hall–Kier alpha value is -2.12. The zero-order chi connectivity index (χ0) is 23.1. The molecule has 1 aromatic rings. The number of hydrogen-bond donors (Lipinski definition) is 6. The van der Waals surface area contributed by atoms with Gasteiger partial charge < -0.3 is 25.6 Å². The SMILES string of the molecule is COC(=O)N[C@H](C(=O)NNC(c1ccc(I)cc1)[C@@H](O)[C@H](C)NC(=O)O)C(C)(C)C. The second-order valence-corrected chi connectivity index (χ2v) is 9.07. The molecule has 0 bridgehead atoms. The van der Waals surface area contributed by atoms with Crippen LogP contribution in [0.2, 0.25) is 0 Å². The van der Waals surface area contributed by atoms with E-state index in [1.165, 1.54) is 14.0 Å². The Morgan fingerprint density at radius 2 is 1.67 bits per heavy atom. The lowest BCUT2D eigenvalue weighted by atomic mass is 9.86. The van der Waals surface area contributed by atoms with E-state index < -0.39 is 47.7 Å². The zero-order valence-electron chi connectivity index (χ0n) is 17.5. The molecule has 0 aromatic heterocycles. The highest BCUT2D eigenvalue weighted by Gasteiger charge is 2.34. The van der Waals surface area contributed by atoms with Gasteiger partial charge in [-0.05, 0) is 52.6 Å². The number of benzene rings is 1. The number of ether oxygens (including phenoxy) is 1. The van der Waals surface area contributed by atoms with E-state index in [4.69, 9.17) is 5.11 Å². The lowest BCUT2D eigenvalue weighted by Gasteiger charge is -2.32. The van der Waals surface area contributed by atoms with Crippen LogP contribution in [0.5, 0.6) is 0 Å². The van der Waals surface area contributed by atoms with Gasteiger partial charge in [0.1, 0.15) is 6.04 Å². The van der Waals surface area contributed by atoms with Gasteiger partial charge in [0.25, 0.3) is 5.91 Å². The van der Waals surface area contributed by atoms with Crippen molar-refractivity contribution in [1.82, 2.24) is 21.5 Å². The van der Waals surface area contributed by atoms with Crippen molar-refractivity contribution in [2.75, 3.05) is 7.11 Å². The smallest absolute Gasteiger partial charge is 0.407 e. The Bertz CT molecular complexity index is 738. The molecule has 0 saturated carbocycles. The summed E-state index contributed by atoms with van der Waals surface area (Å²) in [6, 6.07) is 4.58. The normalized spacial score (nSPS) is 15.3. The van der Waals surface area contributed by atoms with Crippen molar-refractivity contribution in [3.63, 3.8) is 0 Å². The van der Waals surface area contributed by atoms with Crippen molar-refractivity contribution >= 4 is 40.7 Å². The largest absolute Gasteiger partial charge is 0.465 e. The second kappa shape index (κ2) is 11.3. The van der Waals surface area contributed by atoms with Gasteiger partial charge >= 0.3 is 12.2 Å². The number of alkyl carbamates (subject to hydrolysis) is 1. The van der Waals surface area contributed by atoms with Gasteiger partial charge in [-0.15, -0.1) is 0 Å². The van der Waals surface area contributed by atoms with Crippen LogP contribution in [0.25, 0.3) is 0 Å². The van der Waals surface area contributed by atoms with E-state index in [0.717, 1.165) is 3.57 Å². The number of methoxy groups -OCH3 is 1. The van der Waals surface area contributed by atoms with Crippen LogP contribution in [0.1, 0.15) is 39.3 Å². The van der Waals surface area contributed by atoms with Gasteiger partial charge in [0.15, 0.2) is 0 Å². The van der Waals surface area contributed by atoms with E-state index >= 15 is 0 Å². The van der Waals surface area contributed by atoms with Gasteiger partial charge in [-0.2, -0.15) is 0 Å². The van der Waals surface area contributed by atoms with Gasteiger partial charge in [0.05, 0.1) is 25.3 Å². The third-order valence-corrected chi connectivity index (χ3v) is 5.08. The molecule has 0 aliphatic carbocycles. The van der Waals surface area contributed by atoms with Crippen LogP contribution < -0.4 is 21.5 Å². The first kappa shape index (κ1) is 25.9. The van der Waals surface area contributed by atoms with Crippen LogP contribution in [0, 0.1) is 8.99 Å². The van der Waals surface area contributed by atoms with Crippen molar-refractivity contribution in [3.8, 4) is 0 Å². The molecule has 1 unspecified atom stereocenters. The van der Waals surface area contributed by atoms with Crippen molar-refractivity contribution in [3.05, 3.63) is 33.4 Å². The predicted octanol–water partition coefficient (Wildman–Crippen LogP) is 1.74. The summed E-state index contributed by atoms with van der Waals surface area (Å²) in [6.07, 6.45) is -3.23. The average Bonchev–Trinajstić information content (AvgIpc) is 2.65. The van der Waals surface area contributed by atoms with Crippen LogP contribution in [-0.2, 0) is 9.53 Å². The number of carboxylic acid groups (broad SMARTS) is 1. The van der Waals surface area contributed by atoms with Crippen LogP contribution >= 0.6 is 22.6 Å². The van der Waals surface area contributed by atoms with E-state index in [2.05, 4.69) is 48.8 Å². The number of hydrogen-bond acceptors (Lipinski definition) is 6. The first-order valence-electron chi connectivity index (χ1n) is 9.19. The molecule has 30 heavy (non-hydrogen) atoms. The van der Waals surface area contributed by atoms with E-state index in [-0.39, 0.29) is 0 Å². The van der Waals surface area contributed by atoms with E-state index in [0.29, 0.717) is 5.56 Å². The summed E-state index contributed by atoms with van der Waals surface area (Å²) in [5.74, 6) is -0.547. The van der Waals surface area contributed by atoms with E-state index in [1.807, 2.05) is 12.1 Å². The van der Waals surface area contributed by atoms with Crippen LogP contribution in [0.4, 0.5) is 9.59 Å². The minimum atomic E-state index is -1.28. The molecule has 11 heteroatoms. The molecule has 4 atom stereocenters. The number of hydrazine groups is 1. The topological polar surface area (TPSA) is 149 Å². The fourth-order valence-electron chi connectivity index (χ4n) is 2.68. The molecule has 0 aliphatic heterocycles. The summed E-state index contributed by atoms with van der Waals surface area (Å²) < 4.78 is 5.56. The molecule has 3 amide bonds. The zero-order valence-corrected chi connectivity index (χ0v) is 19.7. The predicted molar refractivity (Wildman–Crippen MR) is 119 cm³/mol. The Morgan fingerprint density at radius 1 is 1.10 bits per heavy atom. The molecule has 168 valence electrons. The number of rotatable bonds is 8. The van der Waals surface area contributed by atoms with Crippen LogP contribution in [0.15, 0.2) is 24.3 Å². The van der Waals surface area contributed by atoms with E-state index in [9.17, 15) is 19.5 Å². The highest BCUT2D eigenvalue weighted by atomic mass is 127. The summed E-state index contributed by atoms with van der Waals surface area (Å²) in [6.45, 7) is 6.84. The van der Waals surface area contributed by atoms with Gasteiger partial charge in [-0.25, -0.2) is 15.0 Å². The number of amides is 3. The quantitative estimate of drug-likeness (QED) is 0.219. The van der Waals surface area contributed by atoms with Gasteiger partial charge in [0, 0.05) is 3.57 Å². The van der Waals surface area contributed by atoms with Crippen molar-refractivity contribution in [2.45, 2.75) is 51.9 Å². The summed E-state index contributed by atoms with van der Waals surface area (Å²) in [7, 11) is 1.20. The first-order chi connectivity index (χ1) is 13.9. The maximum atomic E-state index is 12.8. The molecule has 0 heterocycles. The average molecular weight is 536 g/mol. The van der Waals surface area contributed by atoms with Crippen molar-refractivity contribution < 1.29 is 29.3 Å². The summed E-state index contributed by atoms with van der Waals surface area (Å²) in [5.41, 5.74) is 5.31. The highest BCUT2D eigenvalue weighted by molar-refractivity contribution is 14.1. The lowest BCUT2D eigenvalue weighted by Crippen LogP contribution is -2.58. The minimum absolute atomic E-state index is 0.547. The Kier molecular flexibility index (Phi) is 9.78. The Morgan fingerprint density at radius 3 is 2.13 bits per heavy atom. The van der Waals surface area contributed by atoms with Gasteiger partial charge in [-0.3, -0.25) is 10.2 Å². The standard InChI is InChI=1S/C19H29IN4O6/c1-10(21-17(27)28)14(25)13(11-6-8-12(20)9-7-11)23-24-16(26)15(19(2,3)4)22-18(29)30-5/h6-10,13-15,21,23,25H,1-5H3,(H,22,29)(H,24,26)(H,27,28)/t10-,13?,14-,15+/m0/s1.